The summed E-state index contributed by atoms with van der Waals surface area (Å²) in [5.74, 6) is -0.319. The first-order valence-electron chi connectivity index (χ1n) is 7.32. The third-order valence-electron chi connectivity index (χ3n) is 3.92. The van der Waals surface area contributed by atoms with Crippen molar-refractivity contribution in [2.24, 2.45) is 0 Å². The Labute approximate surface area is 123 Å². The van der Waals surface area contributed by atoms with Crippen molar-refractivity contribution in [1.82, 2.24) is 0 Å². The molecule has 0 radical (unpaired) electrons. The number of carbonyl (C=O) groups is 2. The molecule has 1 unspecified atom stereocenters. The number of aryl methyl sites for hydroxylation is 1. The van der Waals surface area contributed by atoms with Crippen LogP contribution in [-0.2, 0) is 20.7 Å². The third-order valence-corrected chi connectivity index (χ3v) is 3.92. The monoisotopic (exact) mass is 286 g/mol. The topological polar surface area (TPSA) is 56.5 Å². The standard InChI is InChI=1S/C17H18O4/c1-11-6-7-13-12(10-20-16(13)8-11)9-17(19)21-15-5-3-2-4-14(15)18/h6-8,10,15H,2-5,9H2,1H3. The third kappa shape index (κ3) is 2.99. The average molecular weight is 286 g/mol. The van der Waals surface area contributed by atoms with Crippen molar-refractivity contribution in [2.75, 3.05) is 0 Å². The molecule has 21 heavy (non-hydrogen) atoms. The minimum Gasteiger partial charge on any atom is -0.464 e. The van der Waals surface area contributed by atoms with Crippen LogP contribution in [0, 0.1) is 6.92 Å². The summed E-state index contributed by atoms with van der Waals surface area (Å²) in [6.07, 6.45) is 4.19. The molecule has 4 heteroatoms. The number of fused-ring (bicyclic) bond motifs is 1. The van der Waals surface area contributed by atoms with Gasteiger partial charge in [0.25, 0.3) is 0 Å². The van der Waals surface area contributed by atoms with Gasteiger partial charge in [0, 0.05) is 17.4 Å². The van der Waals surface area contributed by atoms with Crippen LogP contribution in [-0.4, -0.2) is 17.9 Å². The average Bonchev–Trinajstić information content (AvgIpc) is 2.83. The van der Waals surface area contributed by atoms with E-state index >= 15 is 0 Å². The highest BCUT2D eigenvalue weighted by Crippen LogP contribution is 2.24. The Balaban J connectivity index is 1.70. The molecule has 1 atom stereocenters. The highest BCUT2D eigenvalue weighted by Gasteiger charge is 2.26. The molecule has 1 aromatic carbocycles. The maximum atomic E-state index is 12.0. The fourth-order valence-electron chi connectivity index (χ4n) is 2.76. The van der Waals surface area contributed by atoms with Gasteiger partial charge in [-0.1, -0.05) is 12.1 Å². The fraction of sp³-hybridized carbons (Fsp3) is 0.412. The number of rotatable bonds is 3. The van der Waals surface area contributed by atoms with E-state index in [0.29, 0.717) is 12.8 Å². The Morgan fingerprint density at radius 2 is 2.24 bits per heavy atom. The zero-order valence-electron chi connectivity index (χ0n) is 12.1. The predicted octanol–water partition coefficient (Wildman–Crippen LogP) is 3.34. The lowest BCUT2D eigenvalue weighted by Crippen LogP contribution is -2.30. The van der Waals surface area contributed by atoms with Gasteiger partial charge < -0.3 is 9.15 Å². The van der Waals surface area contributed by atoms with Crippen LogP contribution in [0.5, 0.6) is 0 Å². The van der Waals surface area contributed by atoms with Crippen molar-refractivity contribution in [3.8, 4) is 0 Å². The molecule has 2 aromatic rings. The summed E-state index contributed by atoms with van der Waals surface area (Å²) in [6, 6.07) is 5.87. The molecule has 1 aromatic heterocycles. The fourth-order valence-corrected chi connectivity index (χ4v) is 2.76. The van der Waals surface area contributed by atoms with E-state index in [-0.39, 0.29) is 18.2 Å². The molecule has 0 amide bonds. The summed E-state index contributed by atoms with van der Waals surface area (Å²) >= 11 is 0. The van der Waals surface area contributed by atoms with E-state index in [4.69, 9.17) is 9.15 Å². The van der Waals surface area contributed by atoms with E-state index in [9.17, 15) is 9.59 Å². The maximum Gasteiger partial charge on any atom is 0.311 e. The van der Waals surface area contributed by atoms with Gasteiger partial charge in [0.15, 0.2) is 11.9 Å². The highest BCUT2D eigenvalue weighted by molar-refractivity contribution is 5.89. The quantitative estimate of drug-likeness (QED) is 0.812. The lowest BCUT2D eigenvalue weighted by atomic mass is 9.96. The summed E-state index contributed by atoms with van der Waals surface area (Å²) in [4.78, 5) is 23.7. The normalized spacial score (nSPS) is 18.9. The number of ketones is 1. The second-order valence-electron chi connectivity index (χ2n) is 5.63. The van der Waals surface area contributed by atoms with Gasteiger partial charge in [-0.25, -0.2) is 0 Å². The molecule has 3 rings (SSSR count). The minimum absolute atomic E-state index is 0.0438. The van der Waals surface area contributed by atoms with Crippen LogP contribution in [0.3, 0.4) is 0 Å². The van der Waals surface area contributed by atoms with E-state index in [1.165, 1.54) is 0 Å². The van der Waals surface area contributed by atoms with Crippen LogP contribution in [0.15, 0.2) is 28.9 Å². The molecule has 0 bridgehead atoms. The first kappa shape index (κ1) is 13.9. The van der Waals surface area contributed by atoms with E-state index in [1.54, 1.807) is 6.26 Å². The van der Waals surface area contributed by atoms with Crippen LogP contribution in [0.4, 0.5) is 0 Å². The van der Waals surface area contributed by atoms with Gasteiger partial charge in [0.05, 0.1) is 12.7 Å². The van der Waals surface area contributed by atoms with Crippen LogP contribution in [0.1, 0.15) is 36.8 Å². The number of carbonyl (C=O) groups excluding carboxylic acids is 2. The lowest BCUT2D eigenvalue weighted by molar-refractivity contribution is -0.156. The van der Waals surface area contributed by atoms with Gasteiger partial charge in [-0.2, -0.15) is 0 Å². The van der Waals surface area contributed by atoms with E-state index < -0.39 is 6.10 Å². The molecule has 1 aliphatic carbocycles. The van der Waals surface area contributed by atoms with Crippen molar-refractivity contribution < 1.29 is 18.7 Å². The molecule has 1 heterocycles. The Kier molecular flexibility index (Phi) is 3.78. The number of hydrogen-bond acceptors (Lipinski definition) is 4. The zero-order chi connectivity index (χ0) is 14.8. The van der Waals surface area contributed by atoms with Crippen molar-refractivity contribution >= 4 is 22.7 Å². The highest BCUT2D eigenvalue weighted by atomic mass is 16.5. The molecule has 0 spiro atoms. The molecule has 0 N–H and O–H groups in total. The number of furan rings is 1. The number of Topliss-reactive ketones (excluding diaryl/α,β-unsaturated/α-hetero) is 1. The molecule has 110 valence electrons. The molecule has 0 aliphatic heterocycles. The van der Waals surface area contributed by atoms with Crippen LogP contribution < -0.4 is 0 Å². The summed E-state index contributed by atoms with van der Waals surface area (Å²) in [7, 11) is 0. The largest absolute Gasteiger partial charge is 0.464 e. The second-order valence-corrected chi connectivity index (χ2v) is 5.63. The van der Waals surface area contributed by atoms with Crippen LogP contribution in [0.25, 0.3) is 11.0 Å². The van der Waals surface area contributed by atoms with Crippen molar-refractivity contribution in [2.45, 2.75) is 45.1 Å². The molecule has 1 saturated carbocycles. The summed E-state index contributed by atoms with van der Waals surface area (Å²) < 4.78 is 10.8. The molecular formula is C17H18O4. The smallest absolute Gasteiger partial charge is 0.311 e. The molecule has 1 fully saturated rings. The van der Waals surface area contributed by atoms with Gasteiger partial charge in [0.2, 0.25) is 0 Å². The molecule has 1 aliphatic rings. The van der Waals surface area contributed by atoms with E-state index in [2.05, 4.69) is 0 Å². The maximum absolute atomic E-state index is 12.0. The van der Waals surface area contributed by atoms with Crippen LogP contribution >= 0.6 is 0 Å². The molecular weight excluding hydrogens is 268 g/mol. The van der Waals surface area contributed by atoms with Gasteiger partial charge in [-0.15, -0.1) is 0 Å². The second kappa shape index (κ2) is 5.72. The number of esters is 1. The lowest BCUT2D eigenvalue weighted by Gasteiger charge is -2.20. The minimum atomic E-state index is -0.549. The number of ether oxygens (including phenoxy) is 1. The summed E-state index contributed by atoms with van der Waals surface area (Å²) in [5, 5.41) is 0.924. The van der Waals surface area contributed by atoms with Crippen molar-refractivity contribution in [3.63, 3.8) is 0 Å². The number of benzene rings is 1. The first-order valence-corrected chi connectivity index (χ1v) is 7.32. The van der Waals surface area contributed by atoms with Gasteiger partial charge in [0.1, 0.15) is 5.58 Å². The van der Waals surface area contributed by atoms with Crippen molar-refractivity contribution in [1.29, 1.82) is 0 Å². The van der Waals surface area contributed by atoms with Gasteiger partial charge >= 0.3 is 5.97 Å². The van der Waals surface area contributed by atoms with Gasteiger partial charge in [-0.05, 0) is 37.8 Å². The Bertz CT molecular complexity index is 683. The zero-order valence-corrected chi connectivity index (χ0v) is 12.1. The van der Waals surface area contributed by atoms with Crippen molar-refractivity contribution in [3.05, 3.63) is 35.6 Å². The molecule has 0 saturated heterocycles. The number of hydrogen-bond donors (Lipinski definition) is 0. The summed E-state index contributed by atoms with van der Waals surface area (Å²) in [6.45, 7) is 1.99. The van der Waals surface area contributed by atoms with E-state index in [1.807, 2.05) is 25.1 Å². The van der Waals surface area contributed by atoms with Gasteiger partial charge in [-0.3, -0.25) is 9.59 Å². The first-order chi connectivity index (χ1) is 10.1. The van der Waals surface area contributed by atoms with Crippen LogP contribution in [0.2, 0.25) is 0 Å². The van der Waals surface area contributed by atoms with E-state index in [0.717, 1.165) is 34.9 Å². The summed E-state index contributed by atoms with van der Waals surface area (Å²) in [5.41, 5.74) is 2.68. The SMILES string of the molecule is Cc1ccc2c(CC(=O)OC3CCCCC3=O)coc2c1. The molecule has 4 nitrogen and oxygen atoms in total. The predicted molar refractivity (Wildman–Crippen MR) is 78.0 cm³/mol. The Morgan fingerprint density at radius 3 is 3.05 bits per heavy atom. The Hall–Kier alpha value is -2.10. The Morgan fingerprint density at radius 1 is 1.38 bits per heavy atom.